The Morgan fingerprint density at radius 1 is 1.12 bits per heavy atom. The summed E-state index contributed by atoms with van der Waals surface area (Å²) >= 11 is 0. The number of carbonyl (C=O) groups excluding carboxylic acids is 1. The van der Waals surface area contributed by atoms with E-state index in [4.69, 9.17) is 5.26 Å². The largest absolute Gasteiger partial charge is 0.480 e. The van der Waals surface area contributed by atoms with Crippen molar-refractivity contribution in [3.05, 3.63) is 71.3 Å². The van der Waals surface area contributed by atoms with Crippen LogP contribution in [0.1, 0.15) is 22.8 Å². The monoisotopic (exact) mass is 324 g/mol. The van der Waals surface area contributed by atoms with Crippen LogP contribution in [0.4, 0.5) is 0 Å². The van der Waals surface area contributed by atoms with Crippen LogP contribution < -0.4 is 5.32 Å². The van der Waals surface area contributed by atoms with E-state index < -0.39 is 24.0 Å². The van der Waals surface area contributed by atoms with Crippen molar-refractivity contribution in [2.45, 2.75) is 18.6 Å². The van der Waals surface area contributed by atoms with Crippen LogP contribution in [0.5, 0.6) is 0 Å². The van der Waals surface area contributed by atoms with E-state index >= 15 is 0 Å². The van der Waals surface area contributed by atoms with Crippen LogP contribution in [0, 0.1) is 11.3 Å². The summed E-state index contributed by atoms with van der Waals surface area (Å²) in [6.07, 6.45) is -1.43. The van der Waals surface area contributed by atoms with Gasteiger partial charge in [0.05, 0.1) is 11.6 Å². The molecular weight excluding hydrogens is 308 g/mol. The zero-order valence-electron chi connectivity index (χ0n) is 12.7. The molecule has 2 atom stereocenters. The first-order chi connectivity index (χ1) is 11.5. The Balaban J connectivity index is 2.09. The van der Waals surface area contributed by atoms with Gasteiger partial charge in [0.15, 0.2) is 6.10 Å². The maximum absolute atomic E-state index is 12.1. The maximum atomic E-state index is 12.1. The standard InChI is InChI=1S/C18H16N2O4/c19-11-13-6-4-5-12(9-13)10-15(18(23)24)20-17(22)16(21)14-7-2-1-3-8-14/h1-9,15-16,21H,10H2,(H,20,22)(H,23,24)/t15-,16-/m0/s1. The van der Waals surface area contributed by atoms with Gasteiger partial charge in [-0.3, -0.25) is 4.79 Å². The van der Waals surface area contributed by atoms with E-state index in [2.05, 4.69) is 5.32 Å². The maximum Gasteiger partial charge on any atom is 0.326 e. The van der Waals surface area contributed by atoms with Crippen LogP contribution in [0.25, 0.3) is 0 Å². The van der Waals surface area contributed by atoms with Gasteiger partial charge in [-0.15, -0.1) is 0 Å². The molecule has 0 radical (unpaired) electrons. The quantitative estimate of drug-likeness (QED) is 0.744. The lowest BCUT2D eigenvalue weighted by Crippen LogP contribution is -2.44. The van der Waals surface area contributed by atoms with Crippen molar-refractivity contribution in [1.82, 2.24) is 5.32 Å². The van der Waals surface area contributed by atoms with E-state index in [0.717, 1.165) is 0 Å². The number of nitriles is 1. The summed E-state index contributed by atoms with van der Waals surface area (Å²) in [5.41, 5.74) is 1.40. The molecule has 0 bridgehead atoms. The Morgan fingerprint density at radius 2 is 1.83 bits per heavy atom. The first-order valence-corrected chi connectivity index (χ1v) is 7.26. The van der Waals surface area contributed by atoms with Crippen molar-refractivity contribution in [2.24, 2.45) is 0 Å². The Bertz CT molecular complexity index is 768. The zero-order valence-corrected chi connectivity index (χ0v) is 12.7. The lowest BCUT2D eigenvalue weighted by molar-refractivity contribution is -0.143. The van der Waals surface area contributed by atoms with Crippen molar-refractivity contribution >= 4 is 11.9 Å². The second-order valence-electron chi connectivity index (χ2n) is 5.23. The molecule has 0 fully saturated rings. The van der Waals surface area contributed by atoms with Crippen LogP contribution in [0.3, 0.4) is 0 Å². The fraction of sp³-hybridized carbons (Fsp3) is 0.167. The average Bonchev–Trinajstić information content (AvgIpc) is 2.61. The third kappa shape index (κ3) is 4.41. The van der Waals surface area contributed by atoms with Gasteiger partial charge in [0, 0.05) is 6.42 Å². The van der Waals surface area contributed by atoms with E-state index in [1.807, 2.05) is 6.07 Å². The molecule has 0 saturated heterocycles. The second-order valence-corrected chi connectivity index (χ2v) is 5.23. The smallest absolute Gasteiger partial charge is 0.326 e. The van der Waals surface area contributed by atoms with Crippen molar-refractivity contribution in [1.29, 1.82) is 5.26 Å². The number of aliphatic hydroxyl groups is 1. The van der Waals surface area contributed by atoms with Crippen LogP contribution in [-0.4, -0.2) is 28.1 Å². The number of carboxylic acid groups (broad SMARTS) is 1. The number of hydrogen-bond donors (Lipinski definition) is 3. The van der Waals surface area contributed by atoms with Gasteiger partial charge in [0.1, 0.15) is 6.04 Å². The Hall–Kier alpha value is -3.17. The number of aliphatic carboxylic acids is 1. The van der Waals surface area contributed by atoms with E-state index in [9.17, 15) is 19.8 Å². The van der Waals surface area contributed by atoms with Gasteiger partial charge < -0.3 is 15.5 Å². The third-order valence-electron chi connectivity index (χ3n) is 3.47. The number of carbonyl (C=O) groups is 2. The van der Waals surface area contributed by atoms with Crippen LogP contribution in [0.15, 0.2) is 54.6 Å². The minimum absolute atomic E-state index is 0.0120. The topological polar surface area (TPSA) is 110 Å². The number of nitrogens with one attached hydrogen (secondary N) is 1. The number of amides is 1. The van der Waals surface area contributed by atoms with Crippen molar-refractivity contribution < 1.29 is 19.8 Å². The number of carboxylic acids is 1. The van der Waals surface area contributed by atoms with E-state index in [1.165, 1.54) is 0 Å². The second kappa shape index (κ2) is 7.90. The number of nitrogens with zero attached hydrogens (tertiary/aromatic N) is 1. The normalized spacial score (nSPS) is 12.7. The predicted molar refractivity (Wildman–Crippen MR) is 85.8 cm³/mol. The van der Waals surface area contributed by atoms with Crippen molar-refractivity contribution in [3.8, 4) is 6.07 Å². The summed E-state index contributed by atoms with van der Waals surface area (Å²) in [5, 5.41) is 30.5. The molecule has 2 aromatic carbocycles. The number of benzene rings is 2. The lowest BCUT2D eigenvalue weighted by atomic mass is 10.0. The fourth-order valence-electron chi connectivity index (χ4n) is 2.24. The van der Waals surface area contributed by atoms with Gasteiger partial charge in [-0.25, -0.2) is 4.79 Å². The van der Waals surface area contributed by atoms with E-state index in [0.29, 0.717) is 16.7 Å². The van der Waals surface area contributed by atoms with E-state index in [1.54, 1.807) is 54.6 Å². The summed E-state index contributed by atoms with van der Waals surface area (Å²) in [4.78, 5) is 23.5. The highest BCUT2D eigenvalue weighted by molar-refractivity contribution is 5.87. The van der Waals surface area contributed by atoms with Crippen LogP contribution in [0.2, 0.25) is 0 Å². The molecule has 0 saturated carbocycles. The summed E-state index contributed by atoms with van der Waals surface area (Å²) in [5.74, 6) is -2.00. The molecule has 0 spiro atoms. The summed E-state index contributed by atoms with van der Waals surface area (Å²) in [6, 6.07) is 15.5. The van der Waals surface area contributed by atoms with Crippen LogP contribution in [-0.2, 0) is 16.0 Å². The first kappa shape index (κ1) is 17.2. The molecule has 0 heterocycles. The average molecular weight is 324 g/mol. The number of aliphatic hydroxyl groups excluding tert-OH is 1. The molecule has 0 unspecified atom stereocenters. The molecule has 3 N–H and O–H groups in total. The first-order valence-electron chi connectivity index (χ1n) is 7.26. The highest BCUT2D eigenvalue weighted by Crippen LogP contribution is 2.13. The highest BCUT2D eigenvalue weighted by Gasteiger charge is 2.25. The molecule has 6 heteroatoms. The SMILES string of the molecule is N#Cc1cccc(C[C@H](NC(=O)[C@@H](O)c2ccccc2)C(=O)O)c1. The molecule has 1 amide bonds. The number of rotatable bonds is 6. The molecule has 2 rings (SSSR count). The Kier molecular flexibility index (Phi) is 5.66. The van der Waals surface area contributed by atoms with Gasteiger partial charge in [-0.1, -0.05) is 42.5 Å². The molecule has 0 aliphatic heterocycles. The fourth-order valence-corrected chi connectivity index (χ4v) is 2.24. The molecule has 0 aromatic heterocycles. The van der Waals surface area contributed by atoms with Crippen molar-refractivity contribution in [3.63, 3.8) is 0 Å². The van der Waals surface area contributed by atoms with Crippen molar-refractivity contribution in [2.75, 3.05) is 0 Å². The van der Waals surface area contributed by atoms with Gasteiger partial charge in [-0.05, 0) is 23.3 Å². The lowest BCUT2D eigenvalue weighted by Gasteiger charge is -2.17. The summed E-state index contributed by atoms with van der Waals surface area (Å²) in [7, 11) is 0. The van der Waals surface area contributed by atoms with Gasteiger partial charge in [0.25, 0.3) is 5.91 Å². The summed E-state index contributed by atoms with van der Waals surface area (Å²) < 4.78 is 0. The van der Waals surface area contributed by atoms with Crippen LogP contribution >= 0.6 is 0 Å². The van der Waals surface area contributed by atoms with Gasteiger partial charge in [0.2, 0.25) is 0 Å². The van der Waals surface area contributed by atoms with Gasteiger partial charge >= 0.3 is 5.97 Å². The highest BCUT2D eigenvalue weighted by atomic mass is 16.4. The zero-order chi connectivity index (χ0) is 17.5. The minimum atomic E-state index is -1.45. The number of hydrogen-bond acceptors (Lipinski definition) is 4. The molecule has 122 valence electrons. The Labute approximate surface area is 139 Å². The van der Waals surface area contributed by atoms with Gasteiger partial charge in [-0.2, -0.15) is 5.26 Å². The predicted octanol–water partition coefficient (Wildman–Crippen LogP) is 1.40. The third-order valence-corrected chi connectivity index (χ3v) is 3.47. The molecular formula is C18H16N2O4. The molecule has 0 aliphatic rings. The Morgan fingerprint density at radius 3 is 2.46 bits per heavy atom. The molecule has 6 nitrogen and oxygen atoms in total. The minimum Gasteiger partial charge on any atom is -0.480 e. The molecule has 24 heavy (non-hydrogen) atoms. The molecule has 0 aliphatic carbocycles. The summed E-state index contributed by atoms with van der Waals surface area (Å²) in [6.45, 7) is 0. The van der Waals surface area contributed by atoms with E-state index in [-0.39, 0.29) is 6.42 Å². The molecule has 2 aromatic rings.